The van der Waals surface area contributed by atoms with Crippen LogP contribution in [-0.4, -0.2) is 9.97 Å². The lowest BCUT2D eigenvalue weighted by Gasteiger charge is -2.02. The molecule has 5 heteroatoms. The normalized spacial score (nSPS) is 14.1. The van der Waals surface area contributed by atoms with Crippen molar-refractivity contribution in [3.8, 4) is 10.7 Å². The van der Waals surface area contributed by atoms with Gasteiger partial charge in [0, 0.05) is 21.9 Å². The average molecular weight is 269 g/mol. The van der Waals surface area contributed by atoms with E-state index < -0.39 is 0 Å². The van der Waals surface area contributed by atoms with Crippen LogP contribution < -0.4 is 0 Å². The van der Waals surface area contributed by atoms with Crippen LogP contribution in [0.25, 0.3) is 10.7 Å². The monoisotopic (exact) mass is 268 g/mol. The molecular formula is C11H9ClN2S2. The van der Waals surface area contributed by atoms with Gasteiger partial charge in [0.25, 0.3) is 0 Å². The maximum Gasteiger partial charge on any atom is 0.171 e. The molecule has 2 nitrogen and oxygen atoms in total. The summed E-state index contributed by atoms with van der Waals surface area (Å²) >= 11 is 9.72. The highest BCUT2D eigenvalue weighted by Crippen LogP contribution is 2.35. The van der Waals surface area contributed by atoms with E-state index >= 15 is 0 Å². The zero-order valence-electron chi connectivity index (χ0n) is 8.66. The Labute approximate surface area is 107 Å². The van der Waals surface area contributed by atoms with E-state index in [0.29, 0.717) is 5.15 Å². The van der Waals surface area contributed by atoms with Gasteiger partial charge in [-0.3, -0.25) is 0 Å². The Bertz CT molecular complexity index is 551. The van der Waals surface area contributed by atoms with E-state index in [0.717, 1.165) is 33.5 Å². The lowest BCUT2D eigenvalue weighted by atomic mass is 10.3. The van der Waals surface area contributed by atoms with Crippen LogP contribution in [0.2, 0.25) is 5.15 Å². The minimum absolute atomic E-state index is 0.621. The van der Waals surface area contributed by atoms with Crippen LogP contribution in [0.15, 0.2) is 12.1 Å². The highest BCUT2D eigenvalue weighted by molar-refractivity contribution is 7.98. The number of thioether (sulfide) groups is 1. The fourth-order valence-electron chi connectivity index (χ4n) is 1.68. The Morgan fingerprint density at radius 3 is 2.88 bits per heavy atom. The number of nitrogens with zero attached hydrogens (tertiary/aromatic N) is 2. The predicted molar refractivity (Wildman–Crippen MR) is 70.1 cm³/mol. The number of rotatable bonds is 1. The molecule has 82 valence electrons. The molecule has 3 heterocycles. The molecule has 0 spiro atoms. The predicted octanol–water partition coefficient (Wildman–Crippen LogP) is 3.91. The van der Waals surface area contributed by atoms with Gasteiger partial charge >= 0.3 is 0 Å². The van der Waals surface area contributed by atoms with E-state index in [1.807, 2.05) is 11.8 Å². The molecule has 0 bridgehead atoms. The molecule has 3 rings (SSSR count). The van der Waals surface area contributed by atoms with Gasteiger partial charge in [0.2, 0.25) is 0 Å². The molecule has 1 aliphatic rings. The van der Waals surface area contributed by atoms with Crippen molar-refractivity contribution in [1.82, 2.24) is 9.97 Å². The summed E-state index contributed by atoms with van der Waals surface area (Å²) in [4.78, 5) is 11.3. The van der Waals surface area contributed by atoms with Gasteiger partial charge in [-0.25, -0.2) is 9.97 Å². The van der Waals surface area contributed by atoms with Crippen LogP contribution in [0.4, 0.5) is 0 Å². The van der Waals surface area contributed by atoms with Gasteiger partial charge < -0.3 is 0 Å². The minimum atomic E-state index is 0.621. The van der Waals surface area contributed by atoms with E-state index in [1.54, 1.807) is 11.3 Å². The number of thiophene rings is 1. The van der Waals surface area contributed by atoms with Crippen LogP contribution in [0, 0.1) is 6.92 Å². The molecule has 2 aromatic rings. The van der Waals surface area contributed by atoms with Crippen molar-refractivity contribution in [3.05, 3.63) is 33.4 Å². The molecule has 1 aliphatic heterocycles. The first-order chi connectivity index (χ1) is 7.74. The van der Waals surface area contributed by atoms with Crippen molar-refractivity contribution in [2.45, 2.75) is 18.4 Å². The molecule has 0 saturated carbocycles. The quantitative estimate of drug-likeness (QED) is 0.734. The summed E-state index contributed by atoms with van der Waals surface area (Å²) in [5.41, 5.74) is 2.22. The second-order valence-electron chi connectivity index (χ2n) is 3.67. The summed E-state index contributed by atoms with van der Waals surface area (Å²) < 4.78 is 0. The Kier molecular flexibility index (Phi) is 2.65. The summed E-state index contributed by atoms with van der Waals surface area (Å²) in [7, 11) is 0. The van der Waals surface area contributed by atoms with Crippen molar-refractivity contribution in [2.24, 2.45) is 0 Å². The van der Waals surface area contributed by atoms with Crippen LogP contribution in [0.3, 0.4) is 0 Å². The van der Waals surface area contributed by atoms with Crippen LogP contribution in [-0.2, 0) is 11.5 Å². The summed E-state index contributed by atoms with van der Waals surface area (Å²) in [6, 6.07) is 4.14. The molecule has 0 aliphatic carbocycles. The molecule has 0 unspecified atom stereocenters. The van der Waals surface area contributed by atoms with Crippen molar-refractivity contribution in [3.63, 3.8) is 0 Å². The van der Waals surface area contributed by atoms with Gasteiger partial charge in [-0.15, -0.1) is 11.3 Å². The maximum atomic E-state index is 6.17. The second kappa shape index (κ2) is 4.02. The standard InChI is InChI=1S/C11H9ClN2S2/c1-6-2-3-9(16-6)11-13-8-5-15-4-7(8)10(12)14-11/h2-3H,4-5H2,1H3. The molecule has 0 atom stereocenters. The topological polar surface area (TPSA) is 25.8 Å². The Hall–Kier alpha value is -0.580. The second-order valence-corrected chi connectivity index (χ2v) is 6.30. The number of aryl methyl sites for hydroxylation is 1. The van der Waals surface area contributed by atoms with E-state index in [-0.39, 0.29) is 0 Å². The largest absolute Gasteiger partial charge is 0.231 e. The first-order valence-electron chi connectivity index (χ1n) is 4.94. The lowest BCUT2D eigenvalue weighted by Crippen LogP contribution is -1.96. The van der Waals surface area contributed by atoms with Gasteiger partial charge in [0.1, 0.15) is 5.15 Å². The first-order valence-corrected chi connectivity index (χ1v) is 7.29. The van der Waals surface area contributed by atoms with Crippen molar-refractivity contribution < 1.29 is 0 Å². The van der Waals surface area contributed by atoms with Crippen molar-refractivity contribution >= 4 is 34.7 Å². The molecule has 0 fully saturated rings. The van der Waals surface area contributed by atoms with Crippen molar-refractivity contribution in [1.29, 1.82) is 0 Å². The van der Waals surface area contributed by atoms with Gasteiger partial charge in [0.15, 0.2) is 5.82 Å². The van der Waals surface area contributed by atoms with Gasteiger partial charge in [-0.05, 0) is 19.1 Å². The van der Waals surface area contributed by atoms with Gasteiger partial charge in [-0.1, -0.05) is 11.6 Å². The van der Waals surface area contributed by atoms with Gasteiger partial charge in [0.05, 0.1) is 10.6 Å². The summed E-state index contributed by atoms with van der Waals surface area (Å²) in [5, 5.41) is 0.621. The lowest BCUT2D eigenvalue weighted by molar-refractivity contribution is 1.08. The first kappa shape index (κ1) is 10.6. The number of fused-ring (bicyclic) bond motifs is 1. The number of aromatic nitrogens is 2. The number of hydrogen-bond donors (Lipinski definition) is 0. The molecular weight excluding hydrogens is 260 g/mol. The molecule has 0 N–H and O–H groups in total. The molecule has 0 saturated heterocycles. The van der Waals surface area contributed by atoms with Gasteiger partial charge in [-0.2, -0.15) is 11.8 Å². The summed E-state index contributed by atoms with van der Waals surface area (Å²) in [5.74, 6) is 2.66. The zero-order chi connectivity index (χ0) is 11.1. The van der Waals surface area contributed by atoms with Crippen LogP contribution >= 0.6 is 34.7 Å². The molecule has 2 aromatic heterocycles. The van der Waals surface area contributed by atoms with Crippen LogP contribution in [0.5, 0.6) is 0 Å². The average Bonchev–Trinajstić information content (AvgIpc) is 2.85. The van der Waals surface area contributed by atoms with E-state index in [2.05, 4.69) is 29.0 Å². The molecule has 0 radical (unpaired) electrons. The van der Waals surface area contributed by atoms with E-state index in [9.17, 15) is 0 Å². The zero-order valence-corrected chi connectivity index (χ0v) is 11.0. The molecule has 0 aromatic carbocycles. The van der Waals surface area contributed by atoms with Crippen LogP contribution in [0.1, 0.15) is 16.1 Å². The third-order valence-corrected chi connectivity index (χ3v) is 4.77. The third-order valence-electron chi connectivity index (χ3n) is 2.49. The Morgan fingerprint density at radius 1 is 1.25 bits per heavy atom. The Morgan fingerprint density at radius 2 is 2.12 bits per heavy atom. The highest BCUT2D eigenvalue weighted by atomic mass is 35.5. The number of hydrogen-bond acceptors (Lipinski definition) is 4. The van der Waals surface area contributed by atoms with Crippen molar-refractivity contribution in [2.75, 3.05) is 0 Å². The highest BCUT2D eigenvalue weighted by Gasteiger charge is 2.19. The minimum Gasteiger partial charge on any atom is -0.231 e. The van der Waals surface area contributed by atoms with E-state index in [4.69, 9.17) is 11.6 Å². The van der Waals surface area contributed by atoms with E-state index in [1.165, 1.54) is 4.88 Å². The smallest absolute Gasteiger partial charge is 0.171 e. The SMILES string of the molecule is Cc1ccc(-c2nc(Cl)c3c(n2)CSC3)s1. The molecule has 0 amide bonds. The number of halogens is 1. The fourth-order valence-corrected chi connectivity index (χ4v) is 3.86. The summed E-state index contributed by atoms with van der Waals surface area (Å²) in [6.45, 7) is 2.08. The third kappa shape index (κ3) is 1.75. The maximum absolute atomic E-state index is 6.17. The Balaban J connectivity index is 2.12. The summed E-state index contributed by atoms with van der Waals surface area (Å²) in [6.07, 6.45) is 0. The molecule has 16 heavy (non-hydrogen) atoms. The fraction of sp³-hybridized carbons (Fsp3) is 0.273.